The number of hydrogen-bond acceptors (Lipinski definition) is 3. The Morgan fingerprint density at radius 2 is 0.556 bits per heavy atom. The Morgan fingerprint density at radius 3 is 0.844 bits per heavy atom. The highest BCUT2D eigenvalue weighted by Crippen LogP contribution is 2.48. The normalized spacial score (nSPS) is 11.7. The highest BCUT2D eigenvalue weighted by molar-refractivity contribution is 6.16. The third kappa shape index (κ3) is 8.55. The van der Waals surface area contributed by atoms with Crippen LogP contribution in [0.5, 0.6) is 0 Å². The van der Waals surface area contributed by atoms with Crippen molar-refractivity contribution in [2.45, 2.75) is 33.9 Å². The second-order valence-corrected chi connectivity index (χ2v) is 23.1. The first kappa shape index (κ1) is 54.7. The second kappa shape index (κ2) is 21.2. The van der Waals surface area contributed by atoms with Crippen LogP contribution >= 0.6 is 0 Å². The zero-order chi connectivity index (χ0) is 61.7. The summed E-state index contributed by atoms with van der Waals surface area (Å²) in [6, 6.07) is 85.6. The van der Waals surface area contributed by atoms with Gasteiger partial charge in [0.25, 0.3) is 0 Å². The average Bonchev–Trinajstić information content (AvgIpc) is 1.53. The Morgan fingerprint density at radius 1 is 0.289 bits per heavy atom. The number of nitriles is 3. The van der Waals surface area contributed by atoms with Crippen LogP contribution in [0, 0.1) is 61.7 Å². The molecular formula is C80H52F3N7. The Labute approximate surface area is 516 Å². The van der Waals surface area contributed by atoms with E-state index in [1.54, 1.807) is 18.2 Å². The van der Waals surface area contributed by atoms with Gasteiger partial charge in [-0.1, -0.05) is 146 Å². The summed E-state index contributed by atoms with van der Waals surface area (Å²) in [6.07, 6.45) is -4.63. The lowest BCUT2D eigenvalue weighted by Gasteiger charge is -2.23. The lowest BCUT2D eigenvalue weighted by Crippen LogP contribution is -2.11. The summed E-state index contributed by atoms with van der Waals surface area (Å²) in [5.74, 6) is 0. The maximum Gasteiger partial charge on any atom is 0.416 e. The number of aryl methyl sites for hydroxylation is 4. The molecule has 0 bridgehead atoms. The van der Waals surface area contributed by atoms with E-state index < -0.39 is 11.7 Å². The molecule has 428 valence electrons. The summed E-state index contributed by atoms with van der Waals surface area (Å²) in [4.78, 5) is 0. The first-order chi connectivity index (χ1) is 43.8. The molecule has 0 saturated heterocycles. The van der Waals surface area contributed by atoms with Crippen LogP contribution in [0.4, 0.5) is 13.2 Å². The van der Waals surface area contributed by atoms with Crippen molar-refractivity contribution in [2.75, 3.05) is 0 Å². The third-order valence-electron chi connectivity index (χ3n) is 17.8. The molecule has 16 aromatic rings. The van der Waals surface area contributed by atoms with E-state index >= 15 is 13.2 Å². The molecule has 0 fully saturated rings. The van der Waals surface area contributed by atoms with Gasteiger partial charge in [-0.2, -0.15) is 29.0 Å². The van der Waals surface area contributed by atoms with Crippen molar-refractivity contribution in [1.82, 2.24) is 18.3 Å². The van der Waals surface area contributed by atoms with Gasteiger partial charge in [0.1, 0.15) is 0 Å². The molecule has 10 heteroatoms. The van der Waals surface area contributed by atoms with Crippen molar-refractivity contribution < 1.29 is 13.2 Å². The van der Waals surface area contributed by atoms with Crippen molar-refractivity contribution in [1.29, 1.82) is 15.8 Å². The van der Waals surface area contributed by atoms with Gasteiger partial charge in [0.05, 0.1) is 107 Å². The maximum absolute atomic E-state index is 15.0. The smallest absolute Gasteiger partial charge is 0.309 e. The van der Waals surface area contributed by atoms with Gasteiger partial charge in [-0.15, -0.1) is 0 Å². The number of nitrogens with zero attached hydrogens (tertiary/aromatic N) is 7. The van der Waals surface area contributed by atoms with Gasteiger partial charge in [0.2, 0.25) is 0 Å². The monoisotopic (exact) mass is 1170 g/mol. The van der Waals surface area contributed by atoms with Gasteiger partial charge < -0.3 is 18.3 Å². The fourth-order valence-electron chi connectivity index (χ4n) is 14.1. The SMILES string of the molecule is Cc1cccc2c1c1ccccc1n2-c1cc(C#N)cc(-n2c3ccccc3c3c(C)cccc32)c1-c1cccc(C#N)c1.Cc1cccc2c1c1ccccc1n2-c1cc(C(F)(F)F)cc(-n2c3ccccc3c3c(C)cccc32)c1-c1cccc(C#N)c1. The molecule has 0 amide bonds. The van der Waals surface area contributed by atoms with E-state index in [1.165, 1.54) is 34.0 Å². The first-order valence-electron chi connectivity index (χ1n) is 29.7. The van der Waals surface area contributed by atoms with Crippen LogP contribution in [-0.2, 0) is 6.18 Å². The molecule has 0 aliphatic heterocycles. The fraction of sp³-hybridized carbons (Fsp3) is 0.0625. The lowest BCUT2D eigenvalue weighted by atomic mass is 9.96. The van der Waals surface area contributed by atoms with Crippen LogP contribution in [0.15, 0.2) is 243 Å². The molecule has 0 unspecified atom stereocenters. The minimum Gasteiger partial charge on any atom is -0.309 e. The highest BCUT2D eigenvalue weighted by atomic mass is 19.4. The Hall–Kier alpha value is -11.9. The molecule has 0 spiro atoms. The van der Waals surface area contributed by atoms with Crippen molar-refractivity contribution >= 4 is 87.2 Å². The molecule has 0 radical (unpaired) electrons. The van der Waals surface area contributed by atoms with Gasteiger partial charge in [0, 0.05) is 54.2 Å². The average molecular weight is 1170 g/mol. The minimum absolute atomic E-state index is 0.385. The molecule has 4 aromatic heterocycles. The molecule has 0 aliphatic carbocycles. The largest absolute Gasteiger partial charge is 0.416 e. The second-order valence-electron chi connectivity index (χ2n) is 23.1. The number of aromatic nitrogens is 4. The van der Waals surface area contributed by atoms with Crippen LogP contribution in [0.1, 0.15) is 44.5 Å². The zero-order valence-electron chi connectivity index (χ0n) is 49.4. The van der Waals surface area contributed by atoms with Crippen LogP contribution in [0.25, 0.3) is 132 Å². The summed E-state index contributed by atoms with van der Waals surface area (Å²) in [5.41, 5.74) is 18.4. The molecule has 16 rings (SSSR count). The standard InChI is InChI=1S/C40H26F3N3.C40H26N4/c1-24-10-7-18-33-37(24)29-14-3-5-16-31(29)45(33)35-21-28(40(41,42)43)22-36(39(35)27-13-9-12-26(20-27)23-44)46-32-17-6-4-15-30(32)38-25(2)11-8-19-34(38)46;1-25-10-7-18-34-38(25)30-14-3-5-16-32(30)43(34)36-21-28(24-42)22-37(40(36)29-13-9-12-27(20-29)23-41)44-33-17-6-4-15-31(33)39-26(2)11-8-19-35(39)44/h3-22H,1-2H3;3-22H,1-2H3. The van der Waals surface area contributed by atoms with E-state index in [2.05, 4.69) is 132 Å². The summed E-state index contributed by atoms with van der Waals surface area (Å²) in [5, 5.41) is 38.9. The molecule has 0 aliphatic rings. The third-order valence-corrected chi connectivity index (χ3v) is 17.8. The number of benzene rings is 12. The van der Waals surface area contributed by atoms with Gasteiger partial charge in [-0.3, -0.25) is 0 Å². The van der Waals surface area contributed by atoms with E-state index in [0.29, 0.717) is 39.2 Å². The quantitative estimate of drug-likeness (QED) is 0.166. The summed E-state index contributed by atoms with van der Waals surface area (Å²) >= 11 is 0. The zero-order valence-corrected chi connectivity index (χ0v) is 49.4. The number of rotatable bonds is 6. The van der Waals surface area contributed by atoms with Crippen LogP contribution in [-0.4, -0.2) is 18.3 Å². The minimum atomic E-state index is -4.63. The highest BCUT2D eigenvalue weighted by Gasteiger charge is 2.35. The molecule has 0 saturated carbocycles. The number of hydrogen-bond donors (Lipinski definition) is 0. The van der Waals surface area contributed by atoms with E-state index in [1.807, 2.05) is 144 Å². The van der Waals surface area contributed by atoms with Crippen molar-refractivity contribution in [3.05, 3.63) is 287 Å². The van der Waals surface area contributed by atoms with E-state index in [4.69, 9.17) is 0 Å². The number of para-hydroxylation sites is 4. The molecule has 7 nitrogen and oxygen atoms in total. The number of halogens is 3. The van der Waals surface area contributed by atoms with E-state index in [0.717, 1.165) is 110 Å². The summed E-state index contributed by atoms with van der Waals surface area (Å²) in [6.45, 7) is 8.34. The molecule has 12 aromatic carbocycles. The van der Waals surface area contributed by atoms with Crippen molar-refractivity contribution in [2.24, 2.45) is 0 Å². The predicted molar refractivity (Wildman–Crippen MR) is 359 cm³/mol. The molecule has 0 atom stereocenters. The van der Waals surface area contributed by atoms with E-state index in [9.17, 15) is 15.8 Å². The molecular weight excluding hydrogens is 1120 g/mol. The lowest BCUT2D eigenvalue weighted by molar-refractivity contribution is -0.137. The van der Waals surface area contributed by atoms with Crippen molar-refractivity contribution in [3.8, 4) is 63.2 Å². The fourth-order valence-corrected chi connectivity index (χ4v) is 14.1. The Kier molecular flexibility index (Phi) is 12.9. The van der Waals surface area contributed by atoms with Crippen molar-refractivity contribution in [3.63, 3.8) is 0 Å². The summed E-state index contributed by atoms with van der Waals surface area (Å²) < 4.78 is 53.5. The van der Waals surface area contributed by atoms with Crippen LogP contribution in [0.3, 0.4) is 0 Å². The molecule has 4 heterocycles. The summed E-state index contributed by atoms with van der Waals surface area (Å²) in [7, 11) is 0. The van der Waals surface area contributed by atoms with Gasteiger partial charge >= 0.3 is 6.18 Å². The van der Waals surface area contributed by atoms with Crippen LogP contribution in [0.2, 0.25) is 0 Å². The molecule has 0 N–H and O–H groups in total. The Bertz CT molecular complexity index is 5540. The van der Waals surface area contributed by atoms with Gasteiger partial charge in [0.15, 0.2) is 0 Å². The number of fused-ring (bicyclic) bond motifs is 12. The number of alkyl halides is 3. The topological polar surface area (TPSA) is 91.1 Å². The van der Waals surface area contributed by atoms with E-state index in [-0.39, 0.29) is 0 Å². The first-order valence-corrected chi connectivity index (χ1v) is 29.7. The maximum atomic E-state index is 15.0. The Balaban J connectivity index is 0.000000150. The van der Waals surface area contributed by atoms with Gasteiger partial charge in [-0.05, 0) is 158 Å². The van der Waals surface area contributed by atoms with Gasteiger partial charge in [-0.25, -0.2) is 0 Å². The molecule has 90 heavy (non-hydrogen) atoms. The van der Waals surface area contributed by atoms with Crippen LogP contribution < -0.4 is 0 Å². The predicted octanol–water partition coefficient (Wildman–Crippen LogP) is 21.0.